The van der Waals surface area contributed by atoms with Crippen LogP contribution in [0.5, 0.6) is 0 Å². The summed E-state index contributed by atoms with van der Waals surface area (Å²) in [7, 11) is 0. The van der Waals surface area contributed by atoms with Gasteiger partial charge in [0.05, 0.1) is 12.0 Å². The van der Waals surface area contributed by atoms with Crippen molar-refractivity contribution in [3.63, 3.8) is 0 Å². The molecule has 82 valence electrons. The number of nitrogens with two attached hydrogens (primary N) is 2. The van der Waals surface area contributed by atoms with Crippen LogP contribution in [0.4, 0.5) is 5.82 Å². The van der Waals surface area contributed by atoms with Gasteiger partial charge in [-0.15, -0.1) is 0 Å². The Morgan fingerprint density at radius 1 is 1.53 bits per heavy atom. The van der Waals surface area contributed by atoms with Gasteiger partial charge in [0, 0.05) is 0 Å². The number of nitrogen functional groups attached to an aromatic ring is 1. The van der Waals surface area contributed by atoms with Crippen LogP contribution in [0, 0.1) is 0 Å². The number of amides is 1. The highest BCUT2D eigenvalue weighted by atomic mass is 16.1. The van der Waals surface area contributed by atoms with Crippen molar-refractivity contribution in [3.05, 3.63) is 21.7 Å². The van der Waals surface area contributed by atoms with E-state index in [2.05, 4.69) is 9.97 Å². The third-order valence-corrected chi connectivity index (χ3v) is 1.94. The smallest absolute Gasteiger partial charge is 0.256 e. The number of hydrogen-bond acceptors (Lipinski definition) is 4. The Bertz CT molecular complexity index is 425. The Balaban J connectivity index is 3.08. The summed E-state index contributed by atoms with van der Waals surface area (Å²) in [5, 5.41) is 0. The lowest BCUT2D eigenvalue weighted by atomic mass is 10.2. The van der Waals surface area contributed by atoms with Gasteiger partial charge >= 0.3 is 0 Å². The average molecular weight is 210 g/mol. The maximum absolute atomic E-state index is 11.5. The monoisotopic (exact) mass is 210 g/mol. The van der Waals surface area contributed by atoms with E-state index in [1.165, 1.54) is 0 Å². The number of aromatic amines is 1. The first kappa shape index (κ1) is 11.2. The standard InChI is InChI=1S/C9H14N4O2/c1-2-3-5-8(11)12-7(4-6(10)14)13-9(5)15/h2-4H2,1H3,(H2,10,14)(H3,11,12,13,15). The van der Waals surface area contributed by atoms with E-state index < -0.39 is 5.91 Å². The molecule has 1 rings (SSSR count). The van der Waals surface area contributed by atoms with Gasteiger partial charge in [-0.1, -0.05) is 13.3 Å². The van der Waals surface area contributed by atoms with Crippen molar-refractivity contribution in [2.24, 2.45) is 5.73 Å². The van der Waals surface area contributed by atoms with E-state index in [9.17, 15) is 9.59 Å². The Morgan fingerprint density at radius 2 is 2.20 bits per heavy atom. The van der Waals surface area contributed by atoms with Gasteiger partial charge in [0.15, 0.2) is 0 Å². The van der Waals surface area contributed by atoms with E-state index in [0.29, 0.717) is 12.0 Å². The first-order valence-corrected chi connectivity index (χ1v) is 4.70. The molecular weight excluding hydrogens is 196 g/mol. The highest BCUT2D eigenvalue weighted by molar-refractivity contribution is 5.75. The molecule has 0 fully saturated rings. The quantitative estimate of drug-likeness (QED) is 0.611. The van der Waals surface area contributed by atoms with E-state index in [-0.39, 0.29) is 23.6 Å². The maximum atomic E-state index is 11.5. The molecule has 0 atom stereocenters. The summed E-state index contributed by atoms with van der Waals surface area (Å²) in [6.45, 7) is 1.94. The minimum atomic E-state index is -0.555. The van der Waals surface area contributed by atoms with Gasteiger partial charge < -0.3 is 16.5 Å². The largest absolute Gasteiger partial charge is 0.383 e. The van der Waals surface area contributed by atoms with Crippen LogP contribution in [0.25, 0.3) is 0 Å². The van der Waals surface area contributed by atoms with Gasteiger partial charge in [-0.3, -0.25) is 9.59 Å². The third-order valence-electron chi connectivity index (χ3n) is 1.94. The Morgan fingerprint density at radius 3 is 2.67 bits per heavy atom. The van der Waals surface area contributed by atoms with Gasteiger partial charge in [-0.05, 0) is 6.42 Å². The van der Waals surface area contributed by atoms with Crippen LogP contribution >= 0.6 is 0 Å². The molecule has 0 radical (unpaired) electrons. The third kappa shape index (κ3) is 2.80. The lowest BCUT2D eigenvalue weighted by molar-refractivity contribution is -0.117. The van der Waals surface area contributed by atoms with Crippen molar-refractivity contribution < 1.29 is 4.79 Å². The Hall–Kier alpha value is -1.85. The first-order chi connectivity index (χ1) is 7.04. The molecule has 1 aromatic heterocycles. The summed E-state index contributed by atoms with van der Waals surface area (Å²) >= 11 is 0. The van der Waals surface area contributed by atoms with Crippen molar-refractivity contribution in [2.75, 3.05) is 5.73 Å². The average Bonchev–Trinajstić information content (AvgIpc) is 2.10. The molecule has 6 nitrogen and oxygen atoms in total. The molecule has 0 saturated carbocycles. The second-order valence-electron chi connectivity index (χ2n) is 3.27. The SMILES string of the molecule is CCCc1c(N)nc(CC(N)=O)[nH]c1=O. The van der Waals surface area contributed by atoms with Crippen LogP contribution in [0.3, 0.4) is 0 Å². The summed E-state index contributed by atoms with van der Waals surface area (Å²) in [4.78, 5) is 28.5. The number of nitrogens with one attached hydrogen (secondary N) is 1. The molecule has 1 amide bonds. The van der Waals surface area contributed by atoms with Crippen LogP contribution in [-0.2, 0) is 17.6 Å². The van der Waals surface area contributed by atoms with E-state index in [4.69, 9.17) is 11.5 Å². The minimum absolute atomic E-state index is 0.105. The molecule has 0 spiro atoms. The van der Waals surface area contributed by atoms with E-state index in [1.807, 2.05) is 6.92 Å². The van der Waals surface area contributed by atoms with Crippen LogP contribution in [0.2, 0.25) is 0 Å². The van der Waals surface area contributed by atoms with Gasteiger partial charge in [-0.25, -0.2) is 4.98 Å². The topological polar surface area (TPSA) is 115 Å². The first-order valence-electron chi connectivity index (χ1n) is 4.70. The zero-order valence-corrected chi connectivity index (χ0v) is 8.54. The molecule has 0 aliphatic heterocycles. The zero-order chi connectivity index (χ0) is 11.4. The predicted molar refractivity (Wildman–Crippen MR) is 56.2 cm³/mol. The molecule has 0 aliphatic carbocycles. The number of rotatable bonds is 4. The number of nitrogens with zero attached hydrogens (tertiary/aromatic N) is 1. The summed E-state index contributed by atoms with van der Waals surface area (Å²) in [6, 6.07) is 0. The molecule has 15 heavy (non-hydrogen) atoms. The lowest BCUT2D eigenvalue weighted by Gasteiger charge is -2.04. The van der Waals surface area contributed by atoms with Crippen LogP contribution in [0.1, 0.15) is 24.7 Å². The number of carbonyl (C=O) groups is 1. The highest BCUT2D eigenvalue weighted by Crippen LogP contribution is 2.05. The minimum Gasteiger partial charge on any atom is -0.383 e. The van der Waals surface area contributed by atoms with E-state index >= 15 is 0 Å². The number of primary amides is 1. The summed E-state index contributed by atoms with van der Waals surface area (Å²) in [6.07, 6.45) is 1.28. The maximum Gasteiger partial charge on any atom is 0.256 e. The molecule has 1 heterocycles. The highest BCUT2D eigenvalue weighted by Gasteiger charge is 2.09. The van der Waals surface area contributed by atoms with Gasteiger partial charge in [0.25, 0.3) is 5.56 Å². The van der Waals surface area contributed by atoms with Crippen LogP contribution in [0.15, 0.2) is 4.79 Å². The fourth-order valence-electron chi connectivity index (χ4n) is 1.30. The van der Waals surface area contributed by atoms with Crippen molar-refractivity contribution in [2.45, 2.75) is 26.2 Å². The van der Waals surface area contributed by atoms with Crippen LogP contribution in [-0.4, -0.2) is 15.9 Å². The molecule has 0 unspecified atom stereocenters. The molecular formula is C9H14N4O2. The normalized spacial score (nSPS) is 10.2. The van der Waals surface area contributed by atoms with Crippen molar-refractivity contribution in [1.82, 2.24) is 9.97 Å². The Labute approximate surface area is 86.7 Å². The van der Waals surface area contributed by atoms with E-state index in [0.717, 1.165) is 6.42 Å². The van der Waals surface area contributed by atoms with E-state index in [1.54, 1.807) is 0 Å². The fraction of sp³-hybridized carbons (Fsp3) is 0.444. The van der Waals surface area contributed by atoms with Crippen molar-refractivity contribution in [3.8, 4) is 0 Å². The van der Waals surface area contributed by atoms with Gasteiger partial charge in [0.1, 0.15) is 11.6 Å². The second kappa shape index (κ2) is 4.59. The molecule has 0 aliphatic rings. The number of anilines is 1. The van der Waals surface area contributed by atoms with Gasteiger partial charge in [0.2, 0.25) is 5.91 Å². The molecule has 0 aromatic carbocycles. The van der Waals surface area contributed by atoms with Gasteiger partial charge in [-0.2, -0.15) is 0 Å². The summed E-state index contributed by atoms with van der Waals surface area (Å²) in [5.41, 5.74) is 10.8. The van der Waals surface area contributed by atoms with Crippen molar-refractivity contribution >= 4 is 11.7 Å². The number of hydrogen-bond donors (Lipinski definition) is 3. The summed E-state index contributed by atoms with van der Waals surface area (Å²) in [5.74, 6) is -0.164. The lowest BCUT2D eigenvalue weighted by Crippen LogP contribution is -2.23. The molecule has 1 aromatic rings. The summed E-state index contributed by atoms with van der Waals surface area (Å²) < 4.78 is 0. The number of carbonyl (C=O) groups excluding carboxylic acids is 1. The molecule has 0 bridgehead atoms. The second-order valence-corrected chi connectivity index (χ2v) is 3.27. The molecule has 5 N–H and O–H groups in total. The Kier molecular flexibility index (Phi) is 3.43. The predicted octanol–water partition coefficient (Wildman–Crippen LogP) is -0.668. The molecule has 0 saturated heterocycles. The number of H-pyrrole nitrogens is 1. The fourth-order valence-corrected chi connectivity index (χ4v) is 1.30. The van der Waals surface area contributed by atoms with Crippen LogP contribution < -0.4 is 17.0 Å². The zero-order valence-electron chi connectivity index (χ0n) is 8.54. The van der Waals surface area contributed by atoms with Crippen molar-refractivity contribution in [1.29, 1.82) is 0 Å². The number of aromatic nitrogens is 2. The molecule has 6 heteroatoms.